The molecular formula is C25H34F5N5O2. The van der Waals surface area contributed by atoms with Gasteiger partial charge in [0, 0.05) is 39.1 Å². The monoisotopic (exact) mass is 531 g/mol. The molecular weight excluding hydrogens is 497 g/mol. The molecule has 4 rings (SSSR count). The fourth-order valence-electron chi connectivity index (χ4n) is 5.29. The first-order chi connectivity index (χ1) is 17.6. The van der Waals surface area contributed by atoms with Crippen LogP contribution in [-0.4, -0.2) is 72.9 Å². The van der Waals surface area contributed by atoms with Gasteiger partial charge < -0.3 is 20.5 Å². The maximum atomic E-state index is 14.3. The van der Waals surface area contributed by atoms with E-state index in [9.17, 15) is 31.5 Å². The number of allylic oxidation sites excluding steroid dienone is 6. The maximum absolute atomic E-state index is 14.3. The molecule has 7 nitrogen and oxygen atoms in total. The third-order valence-corrected chi connectivity index (χ3v) is 7.06. The van der Waals surface area contributed by atoms with Gasteiger partial charge in [0.15, 0.2) is 0 Å². The van der Waals surface area contributed by atoms with Crippen LogP contribution in [0.3, 0.4) is 0 Å². The van der Waals surface area contributed by atoms with Gasteiger partial charge in [-0.1, -0.05) is 19.9 Å². The van der Waals surface area contributed by atoms with Crippen LogP contribution < -0.4 is 10.7 Å². The lowest BCUT2D eigenvalue weighted by Gasteiger charge is -2.36. The molecule has 2 unspecified atom stereocenters. The molecule has 2 N–H and O–H groups in total. The summed E-state index contributed by atoms with van der Waals surface area (Å²) in [7, 11) is 1.56. The van der Waals surface area contributed by atoms with Crippen LogP contribution >= 0.6 is 0 Å². The fourth-order valence-corrected chi connectivity index (χ4v) is 5.29. The van der Waals surface area contributed by atoms with Crippen molar-refractivity contribution in [2.24, 2.45) is 16.9 Å². The molecule has 0 radical (unpaired) electrons. The third-order valence-electron chi connectivity index (χ3n) is 7.06. The van der Waals surface area contributed by atoms with E-state index in [-0.39, 0.29) is 55.4 Å². The molecule has 3 aliphatic heterocycles. The van der Waals surface area contributed by atoms with Crippen LogP contribution in [-0.2, 0) is 4.79 Å². The molecule has 2 saturated heterocycles. The zero-order chi connectivity index (χ0) is 27.3. The molecule has 3 heterocycles. The average molecular weight is 532 g/mol. The minimum absolute atomic E-state index is 0.0693. The van der Waals surface area contributed by atoms with Crippen LogP contribution in [0.1, 0.15) is 46.0 Å². The Bertz CT molecular complexity index is 996. The molecule has 12 heteroatoms. The van der Waals surface area contributed by atoms with Crippen LogP contribution in [0, 0.1) is 11.8 Å². The molecule has 0 aromatic carbocycles. The van der Waals surface area contributed by atoms with E-state index in [0.29, 0.717) is 31.6 Å². The molecule has 2 fully saturated rings. The van der Waals surface area contributed by atoms with Crippen LogP contribution in [0.25, 0.3) is 0 Å². The lowest BCUT2D eigenvalue weighted by Crippen LogP contribution is -2.49. The molecule has 0 saturated carbocycles. The summed E-state index contributed by atoms with van der Waals surface area (Å²) in [5.74, 6) is -3.56. The summed E-state index contributed by atoms with van der Waals surface area (Å²) in [5.41, 5.74) is 1.65. The second-order valence-corrected chi connectivity index (χ2v) is 9.30. The summed E-state index contributed by atoms with van der Waals surface area (Å²) in [6.07, 6.45) is -2.43. The number of carbonyl (C=O) groups excluding carboxylic acids is 2. The second-order valence-electron chi connectivity index (χ2n) is 9.30. The average Bonchev–Trinajstić information content (AvgIpc) is 3.14. The first-order valence-corrected chi connectivity index (χ1v) is 12.7. The Labute approximate surface area is 213 Å². The van der Waals surface area contributed by atoms with Crippen molar-refractivity contribution in [1.82, 2.24) is 20.5 Å². The molecule has 0 aromatic rings. The van der Waals surface area contributed by atoms with Gasteiger partial charge in [0.25, 0.3) is 5.91 Å². The van der Waals surface area contributed by atoms with E-state index in [1.165, 1.54) is 0 Å². The Morgan fingerprint density at radius 3 is 2.27 bits per heavy atom. The summed E-state index contributed by atoms with van der Waals surface area (Å²) >= 11 is 0. The van der Waals surface area contributed by atoms with E-state index < -0.39 is 35.7 Å². The highest BCUT2D eigenvalue weighted by Crippen LogP contribution is 2.43. The van der Waals surface area contributed by atoms with Gasteiger partial charge in [-0.2, -0.15) is 18.3 Å². The number of alkyl halides is 3. The zero-order valence-corrected chi connectivity index (χ0v) is 21.3. The van der Waals surface area contributed by atoms with Gasteiger partial charge in [-0.15, -0.1) is 0 Å². The number of hydrazone groups is 1. The Morgan fingerprint density at radius 1 is 1.03 bits per heavy atom. The number of carbonyl (C=O) groups is 2. The van der Waals surface area contributed by atoms with Crippen molar-refractivity contribution in [2.75, 3.05) is 33.2 Å². The molecule has 206 valence electrons. The number of nitrogens with one attached hydrogen (secondary N) is 2. The number of halogens is 5. The van der Waals surface area contributed by atoms with E-state index in [0.717, 1.165) is 12.2 Å². The van der Waals surface area contributed by atoms with Crippen molar-refractivity contribution in [2.45, 2.75) is 58.2 Å². The molecule has 2 bridgehead atoms. The van der Waals surface area contributed by atoms with Crippen LogP contribution in [0.5, 0.6) is 0 Å². The number of hydrogen-bond donors (Lipinski definition) is 2. The Morgan fingerprint density at radius 2 is 1.65 bits per heavy atom. The highest BCUT2D eigenvalue weighted by Gasteiger charge is 2.43. The SMILES string of the molecule is CC.CNC(=O)N1CCC2CC(C1)NN=C2C(=O)N1CCC(C2=CC=C(F)CC(F)=C2C(F)(F)F)CC1. The van der Waals surface area contributed by atoms with Gasteiger partial charge in [-0.25, -0.2) is 13.6 Å². The highest BCUT2D eigenvalue weighted by atomic mass is 19.4. The van der Waals surface area contributed by atoms with Crippen molar-refractivity contribution in [1.29, 1.82) is 0 Å². The van der Waals surface area contributed by atoms with Gasteiger partial charge in [0.2, 0.25) is 0 Å². The molecule has 37 heavy (non-hydrogen) atoms. The van der Waals surface area contributed by atoms with Gasteiger partial charge in [0.05, 0.1) is 18.0 Å². The Kier molecular flexibility index (Phi) is 9.36. The van der Waals surface area contributed by atoms with Crippen LogP contribution in [0.15, 0.2) is 40.1 Å². The second kappa shape index (κ2) is 12.1. The van der Waals surface area contributed by atoms with Crippen LogP contribution in [0.2, 0.25) is 0 Å². The van der Waals surface area contributed by atoms with Gasteiger partial charge in [-0.3, -0.25) is 4.79 Å². The van der Waals surface area contributed by atoms with Gasteiger partial charge >= 0.3 is 12.2 Å². The summed E-state index contributed by atoms with van der Waals surface area (Å²) in [5, 5.41) is 6.90. The molecule has 2 atom stereocenters. The molecule has 1 aliphatic carbocycles. The van der Waals surface area contributed by atoms with Gasteiger partial charge in [-0.05, 0) is 43.3 Å². The number of rotatable bonds is 2. The summed E-state index contributed by atoms with van der Waals surface area (Å²) in [6.45, 7) is 5.31. The number of likely N-dealkylation sites (tertiary alicyclic amines) is 2. The topological polar surface area (TPSA) is 77.0 Å². The first kappa shape index (κ1) is 28.6. The van der Waals surface area contributed by atoms with E-state index in [2.05, 4.69) is 15.8 Å². The van der Waals surface area contributed by atoms with E-state index >= 15 is 0 Å². The normalized spacial score (nSPS) is 24.9. The molecule has 3 amide bonds. The number of piperidine rings is 1. The number of urea groups is 1. The molecule has 0 spiro atoms. The quantitative estimate of drug-likeness (QED) is 0.512. The maximum Gasteiger partial charge on any atom is 0.419 e. The van der Waals surface area contributed by atoms with Crippen molar-refractivity contribution >= 4 is 17.6 Å². The van der Waals surface area contributed by atoms with Crippen molar-refractivity contribution in [3.05, 3.63) is 35.0 Å². The zero-order valence-electron chi connectivity index (χ0n) is 21.3. The van der Waals surface area contributed by atoms with Crippen molar-refractivity contribution in [3.63, 3.8) is 0 Å². The lowest BCUT2D eigenvalue weighted by molar-refractivity contribution is -0.125. The minimum Gasteiger partial charge on any atom is -0.341 e. The number of fused-ring (bicyclic) bond motifs is 2. The Hall–Kier alpha value is -2.92. The number of amides is 3. The predicted octanol–water partition coefficient (Wildman–Crippen LogP) is 4.60. The standard InChI is InChI=1S/C23H28F5N5O2.C2H6/c1-29-22(35)33-9-6-14-10-16(12-33)30-31-20(14)21(34)32-7-4-13(5-8-32)17-3-2-15(24)11-18(25)19(17)23(26,27)28;1-2/h2-3,13-14,16,30H,4-12H2,1H3,(H,29,35);1-2H3. The summed E-state index contributed by atoms with van der Waals surface area (Å²) in [6, 6.07) is -0.263. The Balaban J connectivity index is 0.00000186. The van der Waals surface area contributed by atoms with Crippen LogP contribution in [0.4, 0.5) is 26.7 Å². The smallest absolute Gasteiger partial charge is 0.341 e. The predicted molar refractivity (Wildman–Crippen MR) is 130 cm³/mol. The molecule has 0 aromatic heterocycles. The van der Waals surface area contributed by atoms with E-state index in [4.69, 9.17) is 0 Å². The van der Waals surface area contributed by atoms with E-state index in [1.54, 1.807) is 16.8 Å². The summed E-state index contributed by atoms with van der Waals surface area (Å²) in [4.78, 5) is 28.5. The number of nitrogens with zero attached hydrogens (tertiary/aromatic N) is 3. The largest absolute Gasteiger partial charge is 0.419 e. The third kappa shape index (κ3) is 6.51. The van der Waals surface area contributed by atoms with Crippen molar-refractivity contribution in [3.8, 4) is 0 Å². The van der Waals surface area contributed by atoms with E-state index in [1.807, 2.05) is 13.8 Å². The number of hydrogen-bond acceptors (Lipinski definition) is 4. The minimum atomic E-state index is -4.94. The first-order valence-electron chi connectivity index (χ1n) is 12.7. The highest BCUT2D eigenvalue weighted by molar-refractivity contribution is 6.39. The van der Waals surface area contributed by atoms with Gasteiger partial charge in [0.1, 0.15) is 17.4 Å². The van der Waals surface area contributed by atoms with Crippen molar-refractivity contribution < 1.29 is 31.5 Å². The fraction of sp³-hybridized carbons (Fsp3) is 0.640. The summed E-state index contributed by atoms with van der Waals surface area (Å²) < 4.78 is 68.8. The lowest BCUT2D eigenvalue weighted by atomic mass is 9.83. The molecule has 4 aliphatic rings.